The Morgan fingerprint density at radius 2 is 1.79 bits per heavy atom. The Balaban J connectivity index is 1.90. The van der Waals surface area contributed by atoms with E-state index in [-0.39, 0.29) is 11.3 Å². The van der Waals surface area contributed by atoms with Gasteiger partial charge in [-0.2, -0.15) is 0 Å². The second-order valence-corrected chi connectivity index (χ2v) is 6.77. The summed E-state index contributed by atoms with van der Waals surface area (Å²) in [5, 5.41) is 10.6. The molecule has 0 saturated heterocycles. The number of hydrogen-bond donors (Lipinski definition) is 1. The Morgan fingerprint density at radius 3 is 2.39 bits per heavy atom. The fraction of sp³-hybridized carbons (Fsp3) is 0.136. The number of nitrogens with zero attached hydrogens (tertiary/aromatic N) is 2. The number of anilines is 1. The number of carbonyl (C=O) groups excluding carboxylic acids is 2. The van der Waals surface area contributed by atoms with Gasteiger partial charge in [0.05, 0.1) is 17.9 Å². The van der Waals surface area contributed by atoms with Crippen LogP contribution < -0.4 is 4.90 Å². The van der Waals surface area contributed by atoms with E-state index in [9.17, 15) is 14.7 Å². The van der Waals surface area contributed by atoms with Gasteiger partial charge in [0.15, 0.2) is 11.5 Å². The van der Waals surface area contributed by atoms with Crippen LogP contribution in [0, 0.1) is 13.8 Å². The molecule has 6 nitrogen and oxygen atoms in total. The second-order valence-electron chi connectivity index (χ2n) is 6.77. The predicted molar refractivity (Wildman–Crippen MR) is 103 cm³/mol. The lowest BCUT2D eigenvalue weighted by molar-refractivity contribution is -0.117. The van der Waals surface area contributed by atoms with Gasteiger partial charge in [-0.25, -0.2) is 0 Å². The zero-order valence-electron chi connectivity index (χ0n) is 15.4. The molecule has 0 aliphatic carbocycles. The molecule has 0 bridgehead atoms. The third kappa shape index (κ3) is 2.89. The van der Waals surface area contributed by atoms with E-state index in [1.54, 1.807) is 30.6 Å². The van der Waals surface area contributed by atoms with Gasteiger partial charge in [-0.1, -0.05) is 6.07 Å². The van der Waals surface area contributed by atoms with Crippen LogP contribution in [0.25, 0.3) is 0 Å². The normalized spacial score (nSPS) is 16.7. The first-order chi connectivity index (χ1) is 13.5. The highest BCUT2D eigenvalue weighted by Crippen LogP contribution is 2.42. The van der Waals surface area contributed by atoms with E-state index in [1.165, 1.54) is 17.2 Å². The molecule has 1 unspecified atom stereocenters. The molecule has 1 aliphatic heterocycles. The number of pyridine rings is 1. The number of amides is 1. The molecule has 1 atom stereocenters. The van der Waals surface area contributed by atoms with Crippen LogP contribution in [-0.4, -0.2) is 21.8 Å². The molecule has 3 heterocycles. The Morgan fingerprint density at radius 1 is 1.11 bits per heavy atom. The number of aliphatic hydroxyl groups excluding tert-OH is 1. The van der Waals surface area contributed by atoms with Gasteiger partial charge in [0.25, 0.3) is 5.91 Å². The van der Waals surface area contributed by atoms with Gasteiger partial charge in [0.2, 0.25) is 5.78 Å². The van der Waals surface area contributed by atoms with E-state index in [0.29, 0.717) is 11.3 Å². The number of carbonyl (C=O) groups is 2. The third-order valence-electron chi connectivity index (χ3n) is 4.70. The van der Waals surface area contributed by atoms with Crippen molar-refractivity contribution in [3.63, 3.8) is 0 Å². The van der Waals surface area contributed by atoms with Crippen molar-refractivity contribution in [3.05, 3.63) is 94.9 Å². The molecule has 1 aromatic carbocycles. The van der Waals surface area contributed by atoms with Crippen LogP contribution >= 0.6 is 0 Å². The van der Waals surface area contributed by atoms with Gasteiger partial charge in [0, 0.05) is 18.1 Å². The highest BCUT2D eigenvalue weighted by atomic mass is 16.3. The number of aliphatic hydroxyl groups is 1. The van der Waals surface area contributed by atoms with E-state index < -0.39 is 23.5 Å². The summed E-state index contributed by atoms with van der Waals surface area (Å²) < 4.78 is 5.22. The Labute approximate surface area is 161 Å². The quantitative estimate of drug-likeness (QED) is 0.696. The first-order valence-electron chi connectivity index (χ1n) is 8.80. The summed E-state index contributed by atoms with van der Waals surface area (Å²) in [5.41, 5.74) is 3.22. The maximum Gasteiger partial charge on any atom is 0.294 e. The SMILES string of the molecule is Cc1cc(C)cc(N2C(=O)C(O)=C(C(=O)c3ccco3)C2c2ccncc2)c1. The third-order valence-corrected chi connectivity index (χ3v) is 4.70. The zero-order chi connectivity index (χ0) is 19.8. The fourth-order valence-electron chi connectivity index (χ4n) is 3.59. The molecule has 0 spiro atoms. The second kappa shape index (κ2) is 6.81. The van der Waals surface area contributed by atoms with Crippen LogP contribution in [0.2, 0.25) is 0 Å². The van der Waals surface area contributed by atoms with Crippen LogP contribution in [0.3, 0.4) is 0 Å². The van der Waals surface area contributed by atoms with E-state index in [4.69, 9.17) is 4.42 Å². The summed E-state index contributed by atoms with van der Waals surface area (Å²) in [6, 6.07) is 11.5. The van der Waals surface area contributed by atoms with E-state index >= 15 is 0 Å². The summed E-state index contributed by atoms with van der Waals surface area (Å²) in [5.74, 6) is -1.65. The molecule has 2 aromatic heterocycles. The zero-order valence-corrected chi connectivity index (χ0v) is 15.4. The van der Waals surface area contributed by atoms with Gasteiger partial charge in [-0.05, 0) is 66.9 Å². The number of Topliss-reactive ketones (excluding diaryl/α,β-unsaturated/α-hetero) is 1. The maximum absolute atomic E-state index is 13.1. The Hall–Kier alpha value is -3.67. The standard InChI is InChI=1S/C22H18N2O4/c1-13-10-14(2)12-16(11-13)24-19(15-5-7-23-8-6-15)18(21(26)22(24)27)20(25)17-4-3-9-28-17/h3-12,19,26H,1-2H3. The maximum atomic E-state index is 13.1. The summed E-state index contributed by atoms with van der Waals surface area (Å²) in [7, 11) is 0. The number of furan rings is 1. The lowest BCUT2D eigenvalue weighted by Crippen LogP contribution is -2.31. The van der Waals surface area contributed by atoms with Crippen LogP contribution in [0.15, 0.2) is 76.9 Å². The van der Waals surface area contributed by atoms with Crippen molar-refractivity contribution < 1.29 is 19.1 Å². The molecule has 0 saturated carbocycles. The van der Waals surface area contributed by atoms with Crippen molar-refractivity contribution >= 4 is 17.4 Å². The van der Waals surface area contributed by atoms with Gasteiger partial charge < -0.3 is 9.52 Å². The molecular formula is C22H18N2O4. The number of aryl methyl sites for hydroxylation is 2. The molecule has 3 aromatic rings. The van der Waals surface area contributed by atoms with Crippen LogP contribution in [0.5, 0.6) is 0 Å². The smallest absolute Gasteiger partial charge is 0.294 e. The monoisotopic (exact) mass is 374 g/mol. The molecule has 1 aliphatic rings. The van der Waals surface area contributed by atoms with Gasteiger partial charge in [-0.15, -0.1) is 0 Å². The first kappa shape index (κ1) is 17.7. The van der Waals surface area contributed by atoms with Crippen molar-refractivity contribution in [1.82, 2.24) is 4.98 Å². The largest absolute Gasteiger partial charge is 0.503 e. The summed E-state index contributed by atoms with van der Waals surface area (Å²) in [6.45, 7) is 3.86. The van der Waals surface area contributed by atoms with Crippen molar-refractivity contribution in [1.29, 1.82) is 0 Å². The molecule has 140 valence electrons. The average molecular weight is 374 g/mol. The topological polar surface area (TPSA) is 83.6 Å². The Bertz CT molecular complexity index is 1060. The summed E-state index contributed by atoms with van der Waals surface area (Å²) in [4.78, 5) is 31.5. The van der Waals surface area contributed by atoms with Crippen molar-refractivity contribution in [2.24, 2.45) is 0 Å². The molecule has 0 fully saturated rings. The van der Waals surface area contributed by atoms with Crippen molar-refractivity contribution in [3.8, 4) is 0 Å². The lowest BCUT2D eigenvalue weighted by atomic mass is 9.95. The fourth-order valence-corrected chi connectivity index (χ4v) is 3.59. The number of ketones is 1. The molecule has 6 heteroatoms. The molecule has 1 amide bonds. The minimum Gasteiger partial charge on any atom is -0.503 e. The number of rotatable bonds is 4. The number of aromatic nitrogens is 1. The number of benzene rings is 1. The lowest BCUT2D eigenvalue weighted by Gasteiger charge is -2.27. The van der Waals surface area contributed by atoms with E-state index in [0.717, 1.165) is 11.1 Å². The van der Waals surface area contributed by atoms with Gasteiger partial charge >= 0.3 is 0 Å². The average Bonchev–Trinajstić information content (AvgIpc) is 3.29. The minimum atomic E-state index is -0.783. The summed E-state index contributed by atoms with van der Waals surface area (Å²) >= 11 is 0. The van der Waals surface area contributed by atoms with Crippen LogP contribution in [-0.2, 0) is 4.79 Å². The molecular weight excluding hydrogens is 356 g/mol. The van der Waals surface area contributed by atoms with Gasteiger partial charge in [0.1, 0.15) is 0 Å². The van der Waals surface area contributed by atoms with Crippen LogP contribution in [0.1, 0.15) is 33.3 Å². The number of hydrogen-bond acceptors (Lipinski definition) is 5. The highest BCUT2D eigenvalue weighted by Gasteiger charge is 2.45. The molecule has 28 heavy (non-hydrogen) atoms. The van der Waals surface area contributed by atoms with Crippen molar-refractivity contribution in [2.75, 3.05) is 4.90 Å². The highest BCUT2D eigenvalue weighted by molar-refractivity contribution is 6.20. The van der Waals surface area contributed by atoms with E-state index in [2.05, 4.69) is 4.98 Å². The minimum absolute atomic E-state index is 0.00897. The van der Waals surface area contributed by atoms with Crippen molar-refractivity contribution in [2.45, 2.75) is 19.9 Å². The first-order valence-corrected chi connectivity index (χ1v) is 8.80. The van der Waals surface area contributed by atoms with Crippen LogP contribution in [0.4, 0.5) is 5.69 Å². The predicted octanol–water partition coefficient (Wildman–Crippen LogP) is 4.07. The van der Waals surface area contributed by atoms with E-state index in [1.807, 2.05) is 32.0 Å². The van der Waals surface area contributed by atoms with Gasteiger partial charge in [-0.3, -0.25) is 19.5 Å². The molecule has 4 rings (SSSR count). The summed E-state index contributed by atoms with van der Waals surface area (Å²) in [6.07, 6.45) is 4.55. The Kier molecular flexibility index (Phi) is 4.31. The molecule has 0 radical (unpaired) electrons. The molecule has 1 N–H and O–H groups in total.